The Morgan fingerprint density at radius 3 is 2.50 bits per heavy atom. The fourth-order valence-corrected chi connectivity index (χ4v) is 3.73. The van der Waals surface area contributed by atoms with Gasteiger partial charge in [-0.25, -0.2) is 9.07 Å². The van der Waals surface area contributed by atoms with Gasteiger partial charge in [0.15, 0.2) is 0 Å². The van der Waals surface area contributed by atoms with E-state index >= 15 is 0 Å². The van der Waals surface area contributed by atoms with Gasteiger partial charge in [-0.2, -0.15) is 0 Å². The van der Waals surface area contributed by atoms with Gasteiger partial charge in [0.1, 0.15) is 23.9 Å². The van der Waals surface area contributed by atoms with E-state index in [-0.39, 0.29) is 18.8 Å². The van der Waals surface area contributed by atoms with Crippen molar-refractivity contribution < 1.29 is 18.7 Å². The van der Waals surface area contributed by atoms with Gasteiger partial charge in [-0.1, -0.05) is 59.8 Å². The number of halogens is 1. The van der Waals surface area contributed by atoms with Gasteiger partial charge in [-0.05, 0) is 29.8 Å². The molecule has 1 aromatic heterocycles. The van der Waals surface area contributed by atoms with E-state index in [4.69, 9.17) is 4.74 Å². The van der Waals surface area contributed by atoms with E-state index in [1.54, 1.807) is 48.5 Å². The number of benzene rings is 3. The number of carbonyl (C=O) groups is 2. The van der Waals surface area contributed by atoms with Crippen LogP contribution in [0.4, 0.5) is 10.1 Å². The van der Waals surface area contributed by atoms with Crippen LogP contribution in [0.5, 0.6) is 0 Å². The average Bonchev–Trinajstić information content (AvgIpc) is 3.26. The third-order valence-electron chi connectivity index (χ3n) is 5.31. The summed E-state index contributed by atoms with van der Waals surface area (Å²) in [6, 6.07) is 20.8. The van der Waals surface area contributed by atoms with Gasteiger partial charge >= 0.3 is 0 Å². The second-order valence-electron chi connectivity index (χ2n) is 7.55. The molecule has 8 nitrogen and oxygen atoms in total. The number of amides is 2. The first kappa shape index (κ1) is 23.1. The Balaban J connectivity index is 1.77. The van der Waals surface area contributed by atoms with Crippen molar-refractivity contribution in [2.75, 3.05) is 25.2 Å². The number of hydrogen-bond acceptors (Lipinski definition) is 5. The SMILES string of the molecule is COCCNC(=O)[C@@H](c1ccccc1)N(C(=O)Cn1nnc2ccccc21)c1ccccc1F. The van der Waals surface area contributed by atoms with Crippen LogP contribution in [0, 0.1) is 5.82 Å². The van der Waals surface area contributed by atoms with Crippen LogP contribution in [-0.4, -0.2) is 47.1 Å². The minimum atomic E-state index is -1.11. The van der Waals surface area contributed by atoms with Crippen molar-refractivity contribution in [1.29, 1.82) is 0 Å². The third kappa shape index (κ3) is 4.94. The fraction of sp³-hybridized carbons (Fsp3) is 0.200. The molecule has 3 aromatic carbocycles. The van der Waals surface area contributed by atoms with Crippen LogP contribution in [0.15, 0.2) is 78.9 Å². The normalized spacial score (nSPS) is 11.8. The van der Waals surface area contributed by atoms with Crippen LogP contribution in [-0.2, 0) is 20.9 Å². The summed E-state index contributed by atoms with van der Waals surface area (Å²) in [4.78, 5) is 28.3. The highest BCUT2D eigenvalue weighted by molar-refractivity contribution is 6.01. The topological polar surface area (TPSA) is 89.4 Å². The van der Waals surface area contributed by atoms with E-state index in [1.807, 2.05) is 12.1 Å². The van der Waals surface area contributed by atoms with Crippen molar-refractivity contribution in [3.8, 4) is 0 Å². The Morgan fingerprint density at radius 2 is 1.74 bits per heavy atom. The Bertz CT molecular complexity index is 1280. The molecule has 9 heteroatoms. The molecule has 2 amide bonds. The van der Waals surface area contributed by atoms with Gasteiger partial charge in [0.2, 0.25) is 11.8 Å². The van der Waals surface area contributed by atoms with Crippen molar-refractivity contribution in [1.82, 2.24) is 20.3 Å². The maximum atomic E-state index is 15.0. The number of methoxy groups -OCH3 is 1. The molecule has 0 unspecified atom stereocenters. The highest BCUT2D eigenvalue weighted by Gasteiger charge is 2.34. The number of carbonyl (C=O) groups excluding carboxylic acids is 2. The van der Waals surface area contributed by atoms with E-state index in [9.17, 15) is 14.0 Å². The number of ether oxygens (including phenoxy) is 1. The van der Waals surface area contributed by atoms with Gasteiger partial charge in [0.05, 0.1) is 17.8 Å². The minimum Gasteiger partial charge on any atom is -0.383 e. The van der Waals surface area contributed by atoms with Crippen molar-refractivity contribution >= 4 is 28.5 Å². The molecule has 0 bridgehead atoms. The van der Waals surface area contributed by atoms with Crippen molar-refractivity contribution in [2.45, 2.75) is 12.6 Å². The fourth-order valence-electron chi connectivity index (χ4n) is 3.73. The van der Waals surface area contributed by atoms with Crippen LogP contribution < -0.4 is 10.2 Å². The van der Waals surface area contributed by atoms with Gasteiger partial charge in [0, 0.05) is 13.7 Å². The minimum absolute atomic E-state index is 0.00679. The zero-order valence-corrected chi connectivity index (χ0v) is 18.6. The first-order chi connectivity index (χ1) is 16.6. The monoisotopic (exact) mass is 461 g/mol. The van der Waals surface area contributed by atoms with Crippen molar-refractivity contribution in [3.05, 3.63) is 90.2 Å². The lowest BCUT2D eigenvalue weighted by atomic mass is 10.0. The molecule has 4 aromatic rings. The molecule has 0 spiro atoms. The second-order valence-corrected chi connectivity index (χ2v) is 7.55. The van der Waals surface area contributed by atoms with E-state index in [0.717, 1.165) is 0 Å². The van der Waals surface area contributed by atoms with Gasteiger partial charge < -0.3 is 10.1 Å². The molecule has 0 saturated carbocycles. The average molecular weight is 461 g/mol. The number of nitrogens with zero attached hydrogens (tertiary/aromatic N) is 4. The highest BCUT2D eigenvalue weighted by atomic mass is 19.1. The largest absolute Gasteiger partial charge is 0.383 e. The molecule has 1 atom stereocenters. The number of anilines is 1. The Kier molecular flexibility index (Phi) is 7.24. The number of rotatable bonds is 9. The van der Waals surface area contributed by atoms with Crippen molar-refractivity contribution in [2.24, 2.45) is 0 Å². The number of nitrogens with one attached hydrogen (secondary N) is 1. The van der Waals surface area contributed by atoms with E-state index < -0.39 is 23.7 Å². The Morgan fingerprint density at radius 1 is 1.03 bits per heavy atom. The predicted octanol–water partition coefficient (Wildman–Crippen LogP) is 3.11. The first-order valence-electron chi connectivity index (χ1n) is 10.8. The lowest BCUT2D eigenvalue weighted by Gasteiger charge is -2.31. The van der Waals surface area contributed by atoms with Crippen LogP contribution >= 0.6 is 0 Å². The summed E-state index contributed by atoms with van der Waals surface area (Å²) in [5.41, 5.74) is 1.82. The molecule has 0 aliphatic heterocycles. The molecular formula is C25H24FN5O3. The predicted molar refractivity (Wildman–Crippen MR) is 125 cm³/mol. The summed E-state index contributed by atoms with van der Waals surface area (Å²) in [6.07, 6.45) is 0. The molecule has 34 heavy (non-hydrogen) atoms. The Labute approximate surface area is 195 Å². The molecule has 1 N–H and O–H groups in total. The van der Waals surface area contributed by atoms with Gasteiger partial charge in [-0.15, -0.1) is 5.10 Å². The lowest BCUT2D eigenvalue weighted by molar-refractivity contribution is -0.127. The van der Waals surface area contributed by atoms with E-state index in [1.165, 1.54) is 34.9 Å². The number of aromatic nitrogens is 3. The summed E-state index contributed by atoms with van der Waals surface area (Å²) in [6.45, 7) is 0.307. The Hall–Kier alpha value is -4.11. The number of fused-ring (bicyclic) bond motifs is 1. The third-order valence-corrected chi connectivity index (χ3v) is 5.31. The van der Waals surface area contributed by atoms with E-state index in [2.05, 4.69) is 15.6 Å². The molecule has 0 aliphatic rings. The van der Waals surface area contributed by atoms with E-state index in [0.29, 0.717) is 23.2 Å². The zero-order valence-electron chi connectivity index (χ0n) is 18.6. The molecule has 0 aliphatic carbocycles. The maximum absolute atomic E-state index is 15.0. The number of hydrogen-bond donors (Lipinski definition) is 1. The lowest BCUT2D eigenvalue weighted by Crippen LogP contribution is -2.46. The maximum Gasteiger partial charge on any atom is 0.249 e. The van der Waals surface area contributed by atoms with Crippen LogP contribution in [0.2, 0.25) is 0 Å². The van der Waals surface area contributed by atoms with Crippen LogP contribution in [0.25, 0.3) is 11.0 Å². The summed E-state index contributed by atoms with van der Waals surface area (Å²) in [5, 5.41) is 10.9. The van der Waals surface area contributed by atoms with Gasteiger partial charge in [0.25, 0.3) is 0 Å². The molecule has 0 saturated heterocycles. The standard InChI is InChI=1S/C25H24FN5O3/c1-34-16-15-27-25(33)24(18-9-3-2-4-10-18)31(21-13-7-5-11-19(21)26)23(32)17-30-22-14-8-6-12-20(22)28-29-30/h2-14,24H,15-17H2,1H3,(H,27,33)/t24-/m1/s1. The van der Waals surface area contributed by atoms with Gasteiger partial charge in [-0.3, -0.25) is 14.5 Å². The second kappa shape index (κ2) is 10.7. The van der Waals surface area contributed by atoms with Crippen LogP contribution in [0.1, 0.15) is 11.6 Å². The molecular weight excluding hydrogens is 437 g/mol. The summed E-state index contributed by atoms with van der Waals surface area (Å²) in [7, 11) is 1.53. The number of para-hydroxylation sites is 2. The first-order valence-corrected chi connectivity index (χ1v) is 10.8. The zero-order chi connectivity index (χ0) is 23.9. The molecule has 0 radical (unpaired) electrons. The van der Waals surface area contributed by atoms with Crippen LogP contribution in [0.3, 0.4) is 0 Å². The molecule has 0 fully saturated rings. The molecule has 174 valence electrons. The molecule has 1 heterocycles. The molecule has 4 rings (SSSR count). The summed E-state index contributed by atoms with van der Waals surface area (Å²) in [5.74, 6) is -1.59. The summed E-state index contributed by atoms with van der Waals surface area (Å²) < 4.78 is 21.5. The quantitative estimate of drug-likeness (QED) is 0.387. The highest BCUT2D eigenvalue weighted by Crippen LogP contribution is 2.30. The van der Waals surface area contributed by atoms with Crippen molar-refractivity contribution in [3.63, 3.8) is 0 Å². The smallest absolute Gasteiger partial charge is 0.249 e. The summed E-state index contributed by atoms with van der Waals surface area (Å²) >= 11 is 0.